The summed E-state index contributed by atoms with van der Waals surface area (Å²) < 4.78 is 10.6. The van der Waals surface area contributed by atoms with E-state index < -0.39 is 0 Å². The quantitative estimate of drug-likeness (QED) is 0.479. The fourth-order valence-electron chi connectivity index (χ4n) is 3.52. The number of benzene rings is 1. The van der Waals surface area contributed by atoms with E-state index in [1.807, 2.05) is 12.1 Å². The predicted octanol–water partition coefficient (Wildman–Crippen LogP) is 1.65. The number of aromatic nitrogens is 4. The third-order valence-electron chi connectivity index (χ3n) is 5.03. The average Bonchev–Trinajstić information content (AvgIpc) is 3.44. The normalized spacial score (nSPS) is 15.3. The second-order valence-corrected chi connectivity index (χ2v) is 6.99. The Hall–Kier alpha value is -4.06. The lowest BCUT2D eigenvalue weighted by Crippen LogP contribution is -2.36. The number of carbonyl (C=O) groups is 1. The van der Waals surface area contributed by atoms with Crippen LogP contribution < -0.4 is 19.7 Å². The van der Waals surface area contributed by atoms with Crippen LogP contribution in [0.4, 0.5) is 5.82 Å². The first kappa shape index (κ1) is 20.2. The Labute approximate surface area is 179 Å². The minimum absolute atomic E-state index is 0.0289. The first-order chi connectivity index (χ1) is 15.1. The van der Waals surface area contributed by atoms with Crippen molar-refractivity contribution in [3.63, 3.8) is 0 Å². The van der Waals surface area contributed by atoms with Gasteiger partial charge in [0.1, 0.15) is 29.3 Å². The highest BCUT2D eigenvalue weighted by Crippen LogP contribution is 2.28. The standard InChI is InChI=1S/C22H22N6O3/c1-4-19(29)25-15-7-8-28(12-15)22-20-18(26-27-21(20)23-13-24-22)6-5-14-9-16(30-2)11-17(10-14)31-3/h4,9-11,13,15H,1,7-8,12H2,2-3H3,(H,25,29)(H,23,24,26,27)/t15-/m0/s1. The number of hydrogen-bond donors (Lipinski definition) is 2. The third kappa shape index (κ3) is 4.28. The van der Waals surface area contributed by atoms with Gasteiger partial charge in [0.25, 0.3) is 0 Å². The van der Waals surface area contributed by atoms with Gasteiger partial charge in [0.05, 0.1) is 19.6 Å². The number of methoxy groups -OCH3 is 2. The van der Waals surface area contributed by atoms with Gasteiger partial charge in [-0.2, -0.15) is 5.10 Å². The van der Waals surface area contributed by atoms with Crippen LogP contribution >= 0.6 is 0 Å². The molecule has 2 N–H and O–H groups in total. The van der Waals surface area contributed by atoms with Gasteiger partial charge < -0.3 is 19.7 Å². The Morgan fingerprint density at radius 2 is 2.03 bits per heavy atom. The van der Waals surface area contributed by atoms with Crippen molar-refractivity contribution in [2.75, 3.05) is 32.2 Å². The van der Waals surface area contributed by atoms with Crippen LogP contribution in [0, 0.1) is 11.8 Å². The number of nitrogens with one attached hydrogen (secondary N) is 2. The smallest absolute Gasteiger partial charge is 0.243 e. The zero-order valence-electron chi connectivity index (χ0n) is 17.3. The number of ether oxygens (including phenoxy) is 2. The number of H-pyrrole nitrogens is 1. The second-order valence-electron chi connectivity index (χ2n) is 6.99. The van der Waals surface area contributed by atoms with Gasteiger partial charge in [-0.05, 0) is 30.6 Å². The molecule has 4 rings (SSSR count). The van der Waals surface area contributed by atoms with Crippen LogP contribution in [0.1, 0.15) is 17.7 Å². The van der Waals surface area contributed by atoms with Crippen LogP contribution in [0.5, 0.6) is 11.5 Å². The number of aromatic amines is 1. The first-order valence-corrected chi connectivity index (χ1v) is 9.73. The lowest BCUT2D eigenvalue weighted by atomic mass is 10.2. The topological polar surface area (TPSA) is 105 Å². The van der Waals surface area contributed by atoms with Crippen molar-refractivity contribution in [2.45, 2.75) is 12.5 Å². The van der Waals surface area contributed by atoms with E-state index >= 15 is 0 Å². The molecule has 9 heteroatoms. The summed E-state index contributed by atoms with van der Waals surface area (Å²) in [6.45, 7) is 4.89. The maximum atomic E-state index is 11.6. The number of nitrogens with zero attached hydrogens (tertiary/aromatic N) is 4. The minimum Gasteiger partial charge on any atom is -0.497 e. The van der Waals surface area contributed by atoms with Crippen LogP contribution in [0.25, 0.3) is 11.0 Å². The number of anilines is 1. The van der Waals surface area contributed by atoms with Crippen LogP contribution in [0.3, 0.4) is 0 Å². The van der Waals surface area contributed by atoms with E-state index in [0.29, 0.717) is 29.4 Å². The fourth-order valence-corrected chi connectivity index (χ4v) is 3.52. The van der Waals surface area contributed by atoms with Gasteiger partial charge >= 0.3 is 0 Å². The Morgan fingerprint density at radius 1 is 1.26 bits per heavy atom. The molecule has 1 amide bonds. The Bertz CT molecular complexity index is 1170. The molecule has 0 unspecified atom stereocenters. The molecule has 2 aromatic heterocycles. The molecule has 158 valence electrons. The van der Waals surface area contributed by atoms with Crippen LogP contribution in [-0.2, 0) is 4.79 Å². The zero-order valence-corrected chi connectivity index (χ0v) is 17.3. The number of carbonyl (C=O) groups excluding carboxylic acids is 1. The molecular weight excluding hydrogens is 396 g/mol. The molecule has 0 aliphatic carbocycles. The summed E-state index contributed by atoms with van der Waals surface area (Å²) in [5.41, 5.74) is 1.90. The zero-order chi connectivity index (χ0) is 21.8. The van der Waals surface area contributed by atoms with Crippen molar-refractivity contribution in [2.24, 2.45) is 0 Å². The number of fused-ring (bicyclic) bond motifs is 1. The molecule has 3 aromatic rings. The summed E-state index contributed by atoms with van der Waals surface area (Å²) in [4.78, 5) is 22.5. The molecule has 0 bridgehead atoms. The van der Waals surface area contributed by atoms with Gasteiger partial charge in [-0.1, -0.05) is 12.5 Å². The summed E-state index contributed by atoms with van der Waals surface area (Å²) in [5, 5.41) is 10.9. The lowest BCUT2D eigenvalue weighted by molar-refractivity contribution is -0.117. The van der Waals surface area contributed by atoms with Gasteiger partial charge in [0.15, 0.2) is 5.65 Å². The van der Waals surface area contributed by atoms with Crippen LogP contribution in [0.15, 0.2) is 37.2 Å². The van der Waals surface area contributed by atoms with Crippen molar-refractivity contribution in [3.8, 4) is 23.3 Å². The van der Waals surface area contributed by atoms with Crippen molar-refractivity contribution < 1.29 is 14.3 Å². The minimum atomic E-state index is -0.178. The second kappa shape index (κ2) is 8.75. The van der Waals surface area contributed by atoms with Gasteiger partial charge in [-0.25, -0.2) is 9.97 Å². The van der Waals surface area contributed by atoms with E-state index in [1.165, 1.54) is 12.4 Å². The number of rotatable bonds is 5. The summed E-state index contributed by atoms with van der Waals surface area (Å²) in [5.74, 6) is 8.14. The van der Waals surface area contributed by atoms with Crippen molar-refractivity contribution in [1.29, 1.82) is 0 Å². The summed E-state index contributed by atoms with van der Waals surface area (Å²) in [7, 11) is 3.19. The lowest BCUT2D eigenvalue weighted by Gasteiger charge is -2.18. The van der Waals surface area contributed by atoms with E-state index in [0.717, 1.165) is 29.7 Å². The molecule has 1 atom stereocenters. The molecule has 0 radical (unpaired) electrons. The summed E-state index contributed by atoms with van der Waals surface area (Å²) >= 11 is 0. The molecule has 9 nitrogen and oxygen atoms in total. The largest absolute Gasteiger partial charge is 0.497 e. The average molecular weight is 418 g/mol. The molecule has 1 aliphatic heterocycles. The SMILES string of the molecule is C=CC(=O)N[C@H]1CCN(c2ncnc3n[nH]c(C#Cc4cc(OC)cc(OC)c4)c23)C1. The summed E-state index contributed by atoms with van der Waals surface area (Å²) in [6.07, 6.45) is 3.58. The first-order valence-electron chi connectivity index (χ1n) is 9.73. The molecule has 0 spiro atoms. The van der Waals surface area contributed by atoms with Gasteiger partial charge in [-0.15, -0.1) is 0 Å². The molecule has 3 heterocycles. The van der Waals surface area contributed by atoms with E-state index in [4.69, 9.17) is 9.47 Å². The van der Waals surface area contributed by atoms with Crippen LogP contribution in [-0.4, -0.2) is 59.4 Å². The molecule has 1 fully saturated rings. The maximum absolute atomic E-state index is 11.6. The Morgan fingerprint density at radius 3 is 2.74 bits per heavy atom. The van der Waals surface area contributed by atoms with E-state index in [-0.39, 0.29) is 11.9 Å². The fraction of sp³-hybridized carbons (Fsp3) is 0.273. The highest BCUT2D eigenvalue weighted by atomic mass is 16.5. The molecule has 31 heavy (non-hydrogen) atoms. The Kier molecular flexibility index (Phi) is 5.71. The van der Waals surface area contributed by atoms with Gasteiger partial charge in [-0.3, -0.25) is 9.89 Å². The Balaban J connectivity index is 1.66. The van der Waals surface area contributed by atoms with Crippen LogP contribution in [0.2, 0.25) is 0 Å². The van der Waals surface area contributed by atoms with Crippen molar-refractivity contribution >= 4 is 22.8 Å². The molecule has 1 aliphatic rings. The van der Waals surface area contributed by atoms with E-state index in [9.17, 15) is 4.79 Å². The highest BCUT2D eigenvalue weighted by Gasteiger charge is 2.27. The monoisotopic (exact) mass is 418 g/mol. The van der Waals surface area contributed by atoms with Crippen molar-refractivity contribution in [1.82, 2.24) is 25.5 Å². The van der Waals surface area contributed by atoms with Crippen molar-refractivity contribution in [3.05, 3.63) is 48.4 Å². The molecule has 1 saturated heterocycles. The third-order valence-corrected chi connectivity index (χ3v) is 5.03. The number of amides is 1. The van der Waals surface area contributed by atoms with Gasteiger partial charge in [0.2, 0.25) is 5.91 Å². The molecule has 0 saturated carbocycles. The number of hydrogen-bond acceptors (Lipinski definition) is 7. The van der Waals surface area contributed by atoms with Gasteiger partial charge in [0, 0.05) is 30.8 Å². The van der Waals surface area contributed by atoms with E-state index in [1.54, 1.807) is 20.3 Å². The maximum Gasteiger partial charge on any atom is 0.243 e. The molecule has 1 aromatic carbocycles. The molecular formula is C22H22N6O3. The predicted molar refractivity (Wildman–Crippen MR) is 116 cm³/mol. The van der Waals surface area contributed by atoms with E-state index in [2.05, 4.69) is 48.8 Å². The highest BCUT2D eigenvalue weighted by molar-refractivity contribution is 5.92. The summed E-state index contributed by atoms with van der Waals surface area (Å²) in [6, 6.07) is 5.48.